The zero-order valence-electron chi connectivity index (χ0n) is 34.0. The van der Waals surface area contributed by atoms with E-state index in [1.54, 1.807) is 0 Å². The molecular formula is C44H73KO7S. The zero-order chi connectivity index (χ0) is 38.0. The quantitative estimate of drug-likeness (QED) is 0.0222. The third kappa shape index (κ3) is 30.1. The van der Waals surface area contributed by atoms with Gasteiger partial charge in [-0.25, -0.2) is 18.0 Å². The summed E-state index contributed by atoms with van der Waals surface area (Å²) in [6, 6.07) is 3.08. The molecule has 0 spiro atoms. The summed E-state index contributed by atoms with van der Waals surface area (Å²) in [7, 11) is -4.83. The molecule has 298 valence electrons. The molecule has 7 nitrogen and oxygen atoms in total. The molecule has 0 heterocycles. The van der Waals surface area contributed by atoms with Gasteiger partial charge in [-0.1, -0.05) is 167 Å². The smallest absolute Gasteiger partial charge is 0.744 e. The van der Waals surface area contributed by atoms with E-state index in [2.05, 4.69) is 38.2 Å². The van der Waals surface area contributed by atoms with Crippen LogP contribution < -0.4 is 51.4 Å². The summed E-state index contributed by atoms with van der Waals surface area (Å²) in [6.45, 7) is 4.77. The Labute approximate surface area is 367 Å². The SMILES string of the molecule is CCCCCCCCCCCCC/C=C/CCCOC(=O)c1ccc(S(=O)(=O)[O-])cc1C(=O)OCCC/C=C/CCCCCCCCCCCCC.[K+]. The molecule has 0 N–H and O–H groups in total. The van der Waals surface area contributed by atoms with E-state index in [0.29, 0.717) is 12.8 Å². The molecule has 53 heavy (non-hydrogen) atoms. The monoisotopic (exact) mass is 784 g/mol. The van der Waals surface area contributed by atoms with Crippen molar-refractivity contribution in [3.63, 3.8) is 0 Å². The molecule has 0 atom stereocenters. The van der Waals surface area contributed by atoms with Gasteiger partial charge in [-0.3, -0.25) is 0 Å². The molecule has 0 aliphatic heterocycles. The van der Waals surface area contributed by atoms with Gasteiger partial charge in [-0.05, 0) is 69.6 Å². The number of hydrogen-bond acceptors (Lipinski definition) is 7. The molecule has 1 aromatic rings. The van der Waals surface area contributed by atoms with Crippen LogP contribution in [0.4, 0.5) is 0 Å². The predicted octanol–water partition coefficient (Wildman–Crippen LogP) is 9.98. The van der Waals surface area contributed by atoms with Crippen molar-refractivity contribution in [2.75, 3.05) is 13.2 Å². The average Bonchev–Trinajstić information content (AvgIpc) is 3.13. The van der Waals surface area contributed by atoms with Gasteiger partial charge >= 0.3 is 63.3 Å². The van der Waals surface area contributed by atoms with Crippen LogP contribution in [0, 0.1) is 0 Å². The normalized spacial score (nSPS) is 11.7. The minimum Gasteiger partial charge on any atom is -0.744 e. The number of carbonyl (C=O) groups is 2. The molecule has 1 rings (SSSR count). The zero-order valence-corrected chi connectivity index (χ0v) is 38.0. The van der Waals surface area contributed by atoms with Gasteiger partial charge in [0, 0.05) is 0 Å². The van der Waals surface area contributed by atoms with Crippen molar-refractivity contribution >= 4 is 22.1 Å². The molecule has 0 aliphatic rings. The Morgan fingerprint density at radius 1 is 0.509 bits per heavy atom. The Kier molecular flexibility index (Phi) is 36.2. The Morgan fingerprint density at radius 3 is 1.19 bits per heavy atom. The van der Waals surface area contributed by atoms with E-state index >= 15 is 0 Å². The molecule has 0 saturated carbocycles. The predicted molar refractivity (Wildman–Crippen MR) is 214 cm³/mol. The maximum absolute atomic E-state index is 12.9. The number of esters is 2. The Morgan fingerprint density at radius 2 is 0.830 bits per heavy atom. The molecule has 0 saturated heterocycles. The first-order valence-corrected chi connectivity index (χ1v) is 22.5. The number of carbonyl (C=O) groups excluding carboxylic acids is 2. The van der Waals surface area contributed by atoms with Gasteiger partial charge in [0.25, 0.3) is 0 Å². The van der Waals surface area contributed by atoms with E-state index in [9.17, 15) is 22.6 Å². The average molecular weight is 785 g/mol. The summed E-state index contributed by atoms with van der Waals surface area (Å²) >= 11 is 0. The second kappa shape index (κ2) is 36.8. The summed E-state index contributed by atoms with van der Waals surface area (Å²) in [4.78, 5) is 25.1. The van der Waals surface area contributed by atoms with Gasteiger partial charge in [0.2, 0.25) is 0 Å². The van der Waals surface area contributed by atoms with Gasteiger partial charge < -0.3 is 14.0 Å². The molecule has 0 radical (unpaired) electrons. The van der Waals surface area contributed by atoms with Gasteiger partial charge in [-0.15, -0.1) is 0 Å². The standard InChI is InChI=1S/C44H74O7S.K/c1-3-5-7-9-11-13-15-17-19-21-23-25-27-29-31-33-37-50-43(45)41-36-35-40(52(47,48)49)39-42(41)44(46)51-38-34-32-30-28-26-24-22-20-18-16-14-12-10-8-6-4-2;/h27-30,35-36,39H,3-26,31-34,37-38H2,1-2H3,(H,47,48,49);/q;+1/p-1/b29-27+,30-28+;. The summed E-state index contributed by atoms with van der Waals surface area (Å²) in [5, 5.41) is 0. The molecular weight excluding hydrogens is 712 g/mol. The molecule has 9 heteroatoms. The Hall–Kier alpha value is -0.814. The third-order valence-electron chi connectivity index (χ3n) is 9.50. The fourth-order valence-electron chi connectivity index (χ4n) is 6.24. The molecule has 0 aromatic heterocycles. The van der Waals surface area contributed by atoms with Crippen LogP contribution in [0.15, 0.2) is 47.4 Å². The van der Waals surface area contributed by atoms with Crippen LogP contribution in [0.5, 0.6) is 0 Å². The van der Waals surface area contributed by atoms with Gasteiger partial charge in [0.1, 0.15) is 10.1 Å². The molecule has 0 bridgehead atoms. The van der Waals surface area contributed by atoms with Gasteiger partial charge in [0.15, 0.2) is 0 Å². The minimum atomic E-state index is -4.83. The molecule has 0 aliphatic carbocycles. The fraction of sp³-hybridized carbons (Fsp3) is 0.727. The Bertz CT molecular complexity index is 1210. The number of allylic oxidation sites excluding steroid dienone is 4. The van der Waals surface area contributed by atoms with E-state index in [1.165, 1.54) is 141 Å². The summed E-state index contributed by atoms with van der Waals surface area (Å²) < 4.78 is 45.6. The first kappa shape index (κ1) is 52.2. The summed E-state index contributed by atoms with van der Waals surface area (Å²) in [5.74, 6) is -1.61. The Balaban J connectivity index is 0.0000270. The van der Waals surface area contributed by atoms with Gasteiger partial charge in [0.05, 0.1) is 29.2 Å². The number of benzene rings is 1. The van der Waals surface area contributed by atoms with Crippen molar-refractivity contribution in [3.05, 3.63) is 53.6 Å². The second-order valence-corrected chi connectivity index (χ2v) is 15.7. The second-order valence-electron chi connectivity index (χ2n) is 14.3. The minimum absolute atomic E-state index is 0. The van der Waals surface area contributed by atoms with Crippen LogP contribution in [0.1, 0.15) is 214 Å². The number of hydrogen-bond donors (Lipinski definition) is 0. The third-order valence-corrected chi connectivity index (χ3v) is 10.3. The number of rotatable bonds is 35. The topological polar surface area (TPSA) is 110 Å². The first-order chi connectivity index (χ1) is 25.3. The van der Waals surface area contributed by atoms with E-state index in [0.717, 1.165) is 43.9 Å². The number of ether oxygens (including phenoxy) is 2. The van der Waals surface area contributed by atoms with Crippen LogP contribution in [0.25, 0.3) is 0 Å². The first-order valence-electron chi connectivity index (χ1n) is 21.0. The van der Waals surface area contributed by atoms with Crippen molar-refractivity contribution < 1.29 is 83.4 Å². The van der Waals surface area contributed by atoms with Crippen LogP contribution in [-0.2, 0) is 19.6 Å². The molecule has 0 amide bonds. The van der Waals surface area contributed by atoms with Crippen molar-refractivity contribution in [2.45, 2.75) is 199 Å². The van der Waals surface area contributed by atoms with Crippen molar-refractivity contribution in [2.24, 2.45) is 0 Å². The van der Waals surface area contributed by atoms with Crippen LogP contribution >= 0.6 is 0 Å². The van der Waals surface area contributed by atoms with Gasteiger partial charge in [-0.2, -0.15) is 0 Å². The van der Waals surface area contributed by atoms with Crippen molar-refractivity contribution in [1.82, 2.24) is 0 Å². The fourth-order valence-corrected chi connectivity index (χ4v) is 6.73. The molecule has 0 fully saturated rings. The van der Waals surface area contributed by atoms with E-state index in [-0.39, 0.29) is 75.7 Å². The largest absolute Gasteiger partial charge is 1.00 e. The van der Waals surface area contributed by atoms with Crippen LogP contribution in [-0.4, -0.2) is 38.1 Å². The van der Waals surface area contributed by atoms with E-state index < -0.39 is 27.0 Å². The summed E-state index contributed by atoms with van der Waals surface area (Å²) in [5.41, 5.74) is -0.392. The van der Waals surface area contributed by atoms with Crippen molar-refractivity contribution in [1.29, 1.82) is 0 Å². The van der Waals surface area contributed by atoms with Crippen LogP contribution in [0.2, 0.25) is 0 Å². The maximum Gasteiger partial charge on any atom is 1.00 e. The molecule has 0 unspecified atom stereocenters. The van der Waals surface area contributed by atoms with E-state index in [4.69, 9.17) is 9.47 Å². The van der Waals surface area contributed by atoms with Crippen LogP contribution in [0.3, 0.4) is 0 Å². The molecule has 1 aromatic carbocycles. The van der Waals surface area contributed by atoms with Crippen molar-refractivity contribution in [3.8, 4) is 0 Å². The number of unbranched alkanes of at least 4 members (excludes halogenated alkanes) is 24. The van der Waals surface area contributed by atoms with E-state index in [1.807, 2.05) is 0 Å². The maximum atomic E-state index is 12.9. The summed E-state index contributed by atoms with van der Waals surface area (Å²) in [6.07, 6.45) is 42.5.